The van der Waals surface area contributed by atoms with Crippen molar-refractivity contribution in [1.82, 2.24) is 15.4 Å². The van der Waals surface area contributed by atoms with Crippen molar-refractivity contribution in [2.45, 2.75) is 0 Å². The molecule has 0 fully saturated rings. The van der Waals surface area contributed by atoms with E-state index >= 15 is 0 Å². The second kappa shape index (κ2) is 4.63. The van der Waals surface area contributed by atoms with Crippen molar-refractivity contribution in [2.75, 3.05) is 0 Å². The molecular formula is C10H9N5S. The molecule has 0 radical (unpaired) electrons. The van der Waals surface area contributed by atoms with Crippen molar-refractivity contribution in [3.8, 4) is 0 Å². The maximum Gasteiger partial charge on any atom is 0.184 e. The van der Waals surface area contributed by atoms with Crippen molar-refractivity contribution in [1.29, 1.82) is 0 Å². The number of benzene rings is 1. The summed E-state index contributed by atoms with van der Waals surface area (Å²) in [6, 6.07) is 7.61. The van der Waals surface area contributed by atoms with Crippen molar-refractivity contribution in [3.63, 3.8) is 0 Å². The number of nitrogens with one attached hydrogen (secondary N) is 1. The third-order valence-corrected chi connectivity index (χ3v) is 1.93. The van der Waals surface area contributed by atoms with Crippen molar-refractivity contribution in [2.24, 2.45) is 10.8 Å². The van der Waals surface area contributed by atoms with Gasteiger partial charge in [0.15, 0.2) is 5.11 Å². The molecule has 0 saturated carbocycles. The van der Waals surface area contributed by atoms with Crippen LogP contribution in [0.1, 0.15) is 5.69 Å². The highest BCUT2D eigenvalue weighted by atomic mass is 32.1. The normalized spacial score (nSPS) is 10.8. The minimum absolute atomic E-state index is 0.116. The average Bonchev–Trinajstić information content (AvgIpc) is 2.28. The summed E-state index contributed by atoms with van der Waals surface area (Å²) in [6.45, 7) is 0. The van der Waals surface area contributed by atoms with E-state index in [1.807, 2.05) is 24.3 Å². The Hall–Kier alpha value is -2.08. The van der Waals surface area contributed by atoms with Crippen LogP contribution in [0, 0.1) is 0 Å². The lowest BCUT2D eigenvalue weighted by atomic mass is 10.3. The molecule has 0 aliphatic carbocycles. The number of hydrogen-bond donors (Lipinski definition) is 2. The number of rotatable bonds is 2. The van der Waals surface area contributed by atoms with Crippen molar-refractivity contribution in [3.05, 3.63) is 36.2 Å². The minimum atomic E-state index is 0.116. The highest BCUT2D eigenvalue weighted by Crippen LogP contribution is 2.07. The molecule has 16 heavy (non-hydrogen) atoms. The summed E-state index contributed by atoms with van der Waals surface area (Å²) < 4.78 is 0. The van der Waals surface area contributed by atoms with Gasteiger partial charge >= 0.3 is 0 Å². The van der Waals surface area contributed by atoms with Crippen LogP contribution in [0.5, 0.6) is 0 Å². The number of nitrogens with zero attached hydrogens (tertiary/aromatic N) is 3. The number of hydrogen-bond acceptors (Lipinski definition) is 4. The van der Waals surface area contributed by atoms with Crippen LogP contribution in [0.2, 0.25) is 0 Å². The number of fused-ring (bicyclic) bond motifs is 1. The van der Waals surface area contributed by atoms with Crippen molar-refractivity contribution < 1.29 is 0 Å². The molecule has 6 heteroatoms. The lowest BCUT2D eigenvalue weighted by Crippen LogP contribution is -2.24. The number of thiocarbonyl (C=S) groups is 1. The molecule has 2 rings (SSSR count). The van der Waals surface area contributed by atoms with Gasteiger partial charge in [-0.1, -0.05) is 12.1 Å². The molecule has 2 aromatic rings. The topological polar surface area (TPSA) is 76.2 Å². The second-order valence-electron chi connectivity index (χ2n) is 3.02. The first kappa shape index (κ1) is 10.4. The van der Waals surface area contributed by atoms with E-state index in [-0.39, 0.29) is 5.11 Å². The first-order valence-electron chi connectivity index (χ1n) is 4.56. The molecule has 3 N–H and O–H groups in total. The van der Waals surface area contributed by atoms with Crippen LogP contribution >= 0.6 is 12.2 Å². The van der Waals surface area contributed by atoms with Crippen LogP contribution in [0.25, 0.3) is 11.0 Å². The maximum atomic E-state index is 5.22. The molecule has 0 aliphatic heterocycles. The molecule has 0 spiro atoms. The molecule has 1 heterocycles. The van der Waals surface area contributed by atoms with Gasteiger partial charge in [-0.3, -0.25) is 10.4 Å². The molecule has 80 valence electrons. The predicted octanol–water partition coefficient (Wildman–Crippen LogP) is 0.797. The molecular weight excluding hydrogens is 222 g/mol. The largest absolute Gasteiger partial charge is 0.375 e. The highest BCUT2D eigenvalue weighted by molar-refractivity contribution is 7.80. The number of para-hydroxylation sites is 2. The zero-order valence-electron chi connectivity index (χ0n) is 8.29. The zero-order chi connectivity index (χ0) is 11.4. The Balaban J connectivity index is 2.26. The Morgan fingerprint density at radius 2 is 2.12 bits per heavy atom. The van der Waals surface area contributed by atoms with E-state index in [0.717, 1.165) is 11.0 Å². The van der Waals surface area contributed by atoms with Crippen LogP contribution in [-0.4, -0.2) is 21.3 Å². The van der Waals surface area contributed by atoms with E-state index in [2.05, 4.69) is 32.7 Å². The van der Waals surface area contributed by atoms with Gasteiger partial charge in [-0.05, 0) is 24.4 Å². The predicted molar refractivity (Wildman–Crippen MR) is 67.1 cm³/mol. The maximum absolute atomic E-state index is 5.22. The first-order chi connectivity index (χ1) is 7.75. The second-order valence-corrected chi connectivity index (χ2v) is 3.46. The van der Waals surface area contributed by atoms with E-state index in [9.17, 15) is 0 Å². The summed E-state index contributed by atoms with van der Waals surface area (Å²) in [5, 5.41) is 3.92. The summed E-state index contributed by atoms with van der Waals surface area (Å²) in [7, 11) is 0. The Morgan fingerprint density at radius 3 is 2.88 bits per heavy atom. The number of aromatic nitrogens is 2. The van der Waals surface area contributed by atoms with E-state index in [4.69, 9.17) is 5.73 Å². The SMILES string of the molecule is NC(=S)NN=Cc1cnc2ccccc2n1. The van der Waals surface area contributed by atoms with Gasteiger partial charge in [0.25, 0.3) is 0 Å². The summed E-state index contributed by atoms with van der Waals surface area (Å²) in [6.07, 6.45) is 3.14. The Morgan fingerprint density at radius 1 is 1.38 bits per heavy atom. The fourth-order valence-corrected chi connectivity index (χ4v) is 1.25. The summed E-state index contributed by atoms with van der Waals surface area (Å²) >= 11 is 4.60. The van der Waals surface area contributed by atoms with Gasteiger partial charge in [-0.25, -0.2) is 4.98 Å². The summed E-state index contributed by atoms with van der Waals surface area (Å²) in [4.78, 5) is 8.57. The lowest BCUT2D eigenvalue weighted by molar-refractivity contribution is 1.04. The van der Waals surface area contributed by atoms with Crippen LogP contribution in [-0.2, 0) is 0 Å². The quantitative estimate of drug-likeness (QED) is 0.454. The van der Waals surface area contributed by atoms with Crippen LogP contribution < -0.4 is 11.2 Å². The van der Waals surface area contributed by atoms with Gasteiger partial charge in [-0.2, -0.15) is 5.10 Å². The zero-order valence-corrected chi connectivity index (χ0v) is 9.11. The Kier molecular flexibility index (Phi) is 3.02. The summed E-state index contributed by atoms with van der Waals surface area (Å²) in [5.41, 5.74) is 9.98. The van der Waals surface area contributed by atoms with E-state index < -0.39 is 0 Å². The molecule has 0 amide bonds. The van der Waals surface area contributed by atoms with Gasteiger partial charge in [-0.15, -0.1) is 0 Å². The lowest BCUT2D eigenvalue weighted by Gasteiger charge is -1.97. The molecule has 1 aromatic heterocycles. The molecule has 1 aromatic carbocycles. The fraction of sp³-hybridized carbons (Fsp3) is 0. The van der Waals surface area contributed by atoms with Crippen LogP contribution in [0.15, 0.2) is 35.6 Å². The smallest absolute Gasteiger partial charge is 0.184 e. The first-order valence-corrected chi connectivity index (χ1v) is 4.97. The Labute approximate surface area is 97.4 Å². The molecule has 0 aliphatic rings. The van der Waals surface area contributed by atoms with Crippen molar-refractivity contribution >= 4 is 34.6 Å². The van der Waals surface area contributed by atoms with Crippen LogP contribution in [0.3, 0.4) is 0 Å². The number of hydrazone groups is 1. The Bertz CT molecular complexity index is 552. The average molecular weight is 231 g/mol. The minimum Gasteiger partial charge on any atom is -0.375 e. The van der Waals surface area contributed by atoms with Crippen LogP contribution in [0.4, 0.5) is 0 Å². The van der Waals surface area contributed by atoms with Gasteiger partial charge in [0, 0.05) is 0 Å². The number of nitrogens with two attached hydrogens (primary N) is 1. The fourth-order valence-electron chi connectivity index (χ4n) is 1.20. The highest BCUT2D eigenvalue weighted by Gasteiger charge is 1.95. The third-order valence-electron chi connectivity index (χ3n) is 1.84. The molecule has 0 unspecified atom stereocenters. The van der Waals surface area contributed by atoms with E-state index in [1.165, 1.54) is 6.21 Å². The monoisotopic (exact) mass is 231 g/mol. The molecule has 0 bridgehead atoms. The standard InChI is InChI=1S/C10H9N5S/c11-10(16)15-13-6-7-5-12-8-3-1-2-4-9(8)14-7/h1-6H,(H3,11,15,16). The van der Waals surface area contributed by atoms with Gasteiger partial charge in [0.05, 0.1) is 23.4 Å². The third kappa shape index (κ3) is 2.48. The summed E-state index contributed by atoms with van der Waals surface area (Å²) in [5.74, 6) is 0. The van der Waals surface area contributed by atoms with E-state index in [1.54, 1.807) is 6.20 Å². The molecule has 0 atom stereocenters. The molecule has 0 saturated heterocycles. The van der Waals surface area contributed by atoms with Gasteiger partial charge in [0.2, 0.25) is 0 Å². The molecule has 5 nitrogen and oxygen atoms in total. The van der Waals surface area contributed by atoms with Gasteiger partial charge < -0.3 is 5.73 Å². The van der Waals surface area contributed by atoms with Gasteiger partial charge in [0.1, 0.15) is 5.69 Å². The van der Waals surface area contributed by atoms with E-state index in [0.29, 0.717) is 5.69 Å².